The van der Waals surface area contributed by atoms with E-state index < -0.39 is 5.60 Å². The Morgan fingerprint density at radius 3 is 2.33 bits per heavy atom. The highest BCUT2D eigenvalue weighted by Gasteiger charge is 2.42. The number of carbonyl (C=O) groups is 2. The number of rotatable bonds is 1. The van der Waals surface area contributed by atoms with E-state index in [-0.39, 0.29) is 30.1 Å². The van der Waals surface area contributed by atoms with Crippen molar-refractivity contribution in [1.29, 1.82) is 0 Å². The van der Waals surface area contributed by atoms with Gasteiger partial charge in [0.1, 0.15) is 5.60 Å². The first kappa shape index (κ1) is 18.2. The van der Waals surface area contributed by atoms with Crippen LogP contribution >= 0.6 is 0 Å². The van der Waals surface area contributed by atoms with E-state index in [2.05, 4.69) is 10.3 Å². The zero-order chi connectivity index (χ0) is 18.2. The van der Waals surface area contributed by atoms with E-state index in [0.717, 1.165) is 0 Å². The number of hydrogen-bond donors (Lipinski definition) is 0. The standard InChI is InChI=1S/C16H27N5O3/c1-10-8-20(15(23)24-16(4,5)6)11(2)12(3)21(10)14(22)13-9-19(7)18-17-13/h9-12H,8H2,1-7H3. The third-order valence-corrected chi connectivity index (χ3v) is 4.25. The number of amides is 2. The molecule has 8 heteroatoms. The summed E-state index contributed by atoms with van der Waals surface area (Å²) < 4.78 is 6.99. The van der Waals surface area contributed by atoms with Crippen LogP contribution in [-0.2, 0) is 11.8 Å². The number of aromatic nitrogens is 3. The monoisotopic (exact) mass is 337 g/mol. The second kappa shape index (κ2) is 6.41. The van der Waals surface area contributed by atoms with Crippen LogP contribution in [0.3, 0.4) is 0 Å². The molecule has 2 heterocycles. The fraction of sp³-hybridized carbons (Fsp3) is 0.750. The van der Waals surface area contributed by atoms with Crippen LogP contribution in [0.2, 0.25) is 0 Å². The lowest BCUT2D eigenvalue weighted by atomic mass is 10.0. The molecule has 8 nitrogen and oxygen atoms in total. The topological polar surface area (TPSA) is 80.6 Å². The first-order chi connectivity index (χ1) is 11.0. The minimum atomic E-state index is -0.546. The molecule has 2 amide bonds. The van der Waals surface area contributed by atoms with Gasteiger partial charge in [-0.2, -0.15) is 0 Å². The van der Waals surface area contributed by atoms with Gasteiger partial charge in [-0.3, -0.25) is 9.48 Å². The number of hydrogen-bond acceptors (Lipinski definition) is 5. The summed E-state index contributed by atoms with van der Waals surface area (Å²) in [5.74, 6) is -0.168. The molecule has 1 aromatic heterocycles. The average molecular weight is 337 g/mol. The molecule has 1 saturated heterocycles. The second-order valence-corrected chi connectivity index (χ2v) is 7.45. The van der Waals surface area contributed by atoms with Crippen molar-refractivity contribution in [2.45, 2.75) is 65.3 Å². The summed E-state index contributed by atoms with van der Waals surface area (Å²) in [6.45, 7) is 11.7. The Hall–Kier alpha value is -2.12. The smallest absolute Gasteiger partial charge is 0.410 e. The van der Waals surface area contributed by atoms with Gasteiger partial charge in [-0.1, -0.05) is 5.21 Å². The quantitative estimate of drug-likeness (QED) is 0.779. The average Bonchev–Trinajstić information content (AvgIpc) is 2.87. The first-order valence-corrected chi connectivity index (χ1v) is 8.20. The van der Waals surface area contributed by atoms with Crippen molar-refractivity contribution in [1.82, 2.24) is 24.8 Å². The van der Waals surface area contributed by atoms with Crippen molar-refractivity contribution in [2.24, 2.45) is 7.05 Å². The molecule has 0 spiro atoms. The highest BCUT2D eigenvalue weighted by atomic mass is 16.6. The van der Waals surface area contributed by atoms with Crippen molar-refractivity contribution < 1.29 is 14.3 Å². The Bertz CT molecular complexity index is 621. The molecule has 0 N–H and O–H groups in total. The van der Waals surface area contributed by atoms with Gasteiger partial charge < -0.3 is 14.5 Å². The van der Waals surface area contributed by atoms with Crippen molar-refractivity contribution in [3.63, 3.8) is 0 Å². The van der Waals surface area contributed by atoms with Gasteiger partial charge in [0, 0.05) is 25.7 Å². The Morgan fingerprint density at radius 1 is 1.21 bits per heavy atom. The highest BCUT2D eigenvalue weighted by Crippen LogP contribution is 2.25. The van der Waals surface area contributed by atoms with Gasteiger partial charge in [-0.05, 0) is 41.5 Å². The van der Waals surface area contributed by atoms with E-state index in [1.165, 1.54) is 4.68 Å². The number of ether oxygens (including phenoxy) is 1. The molecule has 24 heavy (non-hydrogen) atoms. The van der Waals surface area contributed by atoms with E-state index in [1.54, 1.807) is 23.0 Å². The van der Waals surface area contributed by atoms with E-state index >= 15 is 0 Å². The summed E-state index contributed by atoms with van der Waals surface area (Å²) in [6.07, 6.45) is 1.26. The fourth-order valence-electron chi connectivity index (χ4n) is 2.96. The maximum atomic E-state index is 12.8. The molecular formula is C16H27N5O3. The molecule has 0 saturated carbocycles. The zero-order valence-corrected chi connectivity index (χ0v) is 15.5. The molecule has 1 aromatic rings. The van der Waals surface area contributed by atoms with E-state index in [1.807, 2.05) is 41.5 Å². The summed E-state index contributed by atoms with van der Waals surface area (Å²) in [4.78, 5) is 28.7. The third-order valence-electron chi connectivity index (χ3n) is 4.25. The third kappa shape index (κ3) is 3.68. The van der Waals surface area contributed by atoms with Crippen LogP contribution in [0.25, 0.3) is 0 Å². The predicted molar refractivity (Wildman–Crippen MR) is 88.5 cm³/mol. The van der Waals surface area contributed by atoms with E-state index in [9.17, 15) is 9.59 Å². The number of piperazine rings is 1. The van der Waals surface area contributed by atoms with Crippen LogP contribution in [-0.4, -0.2) is 67.1 Å². The van der Waals surface area contributed by atoms with Crippen LogP contribution < -0.4 is 0 Å². The lowest BCUT2D eigenvalue weighted by Crippen LogP contribution is -2.64. The number of nitrogens with zero attached hydrogens (tertiary/aromatic N) is 5. The molecule has 3 atom stereocenters. The zero-order valence-electron chi connectivity index (χ0n) is 15.5. The van der Waals surface area contributed by atoms with Gasteiger partial charge in [0.2, 0.25) is 0 Å². The SMILES string of the molecule is CC1C(C)N(C(=O)c2cn(C)nn2)C(C)CN1C(=O)OC(C)(C)C. The number of carbonyl (C=O) groups excluding carboxylic acids is 2. The van der Waals surface area contributed by atoms with E-state index in [0.29, 0.717) is 12.2 Å². The lowest BCUT2D eigenvalue weighted by Gasteiger charge is -2.48. The normalized spacial score (nSPS) is 24.9. The molecule has 1 aliphatic rings. The Balaban J connectivity index is 2.17. The maximum Gasteiger partial charge on any atom is 0.410 e. The molecule has 0 aliphatic carbocycles. The molecule has 2 rings (SSSR count). The van der Waals surface area contributed by atoms with Crippen LogP contribution in [0.15, 0.2) is 6.20 Å². The second-order valence-electron chi connectivity index (χ2n) is 7.45. The minimum Gasteiger partial charge on any atom is -0.444 e. The molecule has 1 fully saturated rings. The van der Waals surface area contributed by atoms with Crippen molar-refractivity contribution >= 4 is 12.0 Å². The fourth-order valence-corrected chi connectivity index (χ4v) is 2.96. The van der Waals surface area contributed by atoms with Gasteiger partial charge in [-0.15, -0.1) is 5.10 Å². The van der Waals surface area contributed by atoms with Gasteiger partial charge in [-0.25, -0.2) is 4.79 Å². The van der Waals surface area contributed by atoms with Gasteiger partial charge in [0.25, 0.3) is 5.91 Å². The molecule has 0 aromatic carbocycles. The molecule has 0 radical (unpaired) electrons. The number of aryl methyl sites for hydroxylation is 1. The van der Waals surface area contributed by atoms with Gasteiger partial charge in [0.05, 0.1) is 12.2 Å². The van der Waals surface area contributed by atoms with Crippen LogP contribution in [0.4, 0.5) is 4.79 Å². The van der Waals surface area contributed by atoms with Gasteiger partial charge in [0.15, 0.2) is 5.69 Å². The largest absolute Gasteiger partial charge is 0.444 e. The maximum absolute atomic E-state index is 12.8. The Labute approximate surface area is 142 Å². The summed E-state index contributed by atoms with van der Waals surface area (Å²) in [5, 5.41) is 7.72. The Morgan fingerprint density at radius 2 is 1.83 bits per heavy atom. The van der Waals surface area contributed by atoms with Crippen molar-refractivity contribution in [3.8, 4) is 0 Å². The molecule has 0 bridgehead atoms. The van der Waals surface area contributed by atoms with Gasteiger partial charge >= 0.3 is 6.09 Å². The highest BCUT2D eigenvalue weighted by molar-refractivity contribution is 5.92. The summed E-state index contributed by atoms with van der Waals surface area (Å²) in [5.41, 5.74) is -0.232. The minimum absolute atomic E-state index is 0.141. The van der Waals surface area contributed by atoms with Crippen LogP contribution in [0.1, 0.15) is 52.0 Å². The lowest BCUT2D eigenvalue weighted by molar-refractivity contribution is -0.0237. The molecule has 3 unspecified atom stereocenters. The van der Waals surface area contributed by atoms with Crippen molar-refractivity contribution in [3.05, 3.63) is 11.9 Å². The van der Waals surface area contributed by atoms with Crippen LogP contribution in [0.5, 0.6) is 0 Å². The van der Waals surface area contributed by atoms with Crippen LogP contribution in [0, 0.1) is 0 Å². The summed E-state index contributed by atoms with van der Waals surface area (Å²) >= 11 is 0. The Kier molecular flexibility index (Phi) is 4.87. The summed E-state index contributed by atoms with van der Waals surface area (Å²) in [7, 11) is 1.72. The van der Waals surface area contributed by atoms with Crippen molar-refractivity contribution in [2.75, 3.05) is 6.54 Å². The van der Waals surface area contributed by atoms with E-state index in [4.69, 9.17) is 4.74 Å². The first-order valence-electron chi connectivity index (χ1n) is 8.20. The predicted octanol–water partition coefficient (Wildman–Crippen LogP) is 1.67. The summed E-state index contributed by atoms with van der Waals surface area (Å²) in [6, 6.07) is -0.453. The molecular weight excluding hydrogens is 310 g/mol. The molecule has 134 valence electrons. The molecule has 1 aliphatic heterocycles.